The Kier molecular flexibility index (Phi) is 6.32. The first-order valence-electron chi connectivity index (χ1n) is 10.3. The summed E-state index contributed by atoms with van der Waals surface area (Å²) in [5.41, 5.74) is 2.12. The van der Waals surface area contributed by atoms with Crippen LogP contribution in [0.25, 0.3) is 11.0 Å². The van der Waals surface area contributed by atoms with Crippen LogP contribution in [0.4, 0.5) is 5.82 Å². The fourth-order valence-corrected chi connectivity index (χ4v) is 3.87. The molecule has 1 aliphatic rings. The summed E-state index contributed by atoms with van der Waals surface area (Å²) in [5, 5.41) is 0.535. The minimum absolute atomic E-state index is 0.0560. The van der Waals surface area contributed by atoms with Crippen molar-refractivity contribution >= 4 is 40.3 Å². The maximum atomic E-state index is 12.9. The molecular formula is C23H23ClN4O3. The molecule has 0 spiro atoms. The smallest absolute Gasteiger partial charge is 0.360 e. The van der Waals surface area contributed by atoms with E-state index in [1.807, 2.05) is 34.1 Å². The summed E-state index contributed by atoms with van der Waals surface area (Å²) in [7, 11) is 0. The zero-order valence-electron chi connectivity index (χ0n) is 17.3. The molecule has 0 unspecified atom stereocenters. The normalized spacial score (nSPS) is 14.4. The zero-order valence-corrected chi connectivity index (χ0v) is 18.0. The van der Waals surface area contributed by atoms with E-state index in [2.05, 4.69) is 4.98 Å². The van der Waals surface area contributed by atoms with Gasteiger partial charge in [-0.2, -0.15) is 0 Å². The average Bonchev–Trinajstić information content (AvgIpc) is 3.04. The zero-order chi connectivity index (χ0) is 21.8. The van der Waals surface area contributed by atoms with E-state index >= 15 is 0 Å². The van der Waals surface area contributed by atoms with E-state index < -0.39 is 5.97 Å². The number of rotatable bonds is 4. The maximum absolute atomic E-state index is 12.9. The lowest BCUT2D eigenvalue weighted by molar-refractivity contribution is 0.0520. The van der Waals surface area contributed by atoms with Crippen molar-refractivity contribution in [1.82, 2.24) is 14.9 Å². The summed E-state index contributed by atoms with van der Waals surface area (Å²) >= 11 is 6.05. The van der Waals surface area contributed by atoms with Crippen LogP contribution in [0.1, 0.15) is 34.2 Å². The van der Waals surface area contributed by atoms with Crippen molar-refractivity contribution in [3.05, 3.63) is 64.8 Å². The van der Waals surface area contributed by atoms with Gasteiger partial charge in [0.25, 0.3) is 5.91 Å². The third-order valence-corrected chi connectivity index (χ3v) is 5.41. The first-order chi connectivity index (χ1) is 15.1. The summed E-state index contributed by atoms with van der Waals surface area (Å²) in [6.07, 6.45) is 0.739. The first kappa shape index (κ1) is 21.1. The molecule has 1 amide bonds. The highest BCUT2D eigenvalue weighted by Crippen LogP contribution is 2.23. The summed E-state index contributed by atoms with van der Waals surface area (Å²) < 4.78 is 5.22. The molecule has 3 aromatic rings. The van der Waals surface area contributed by atoms with E-state index in [0.29, 0.717) is 53.6 Å². The van der Waals surface area contributed by atoms with Gasteiger partial charge >= 0.3 is 5.97 Å². The number of carbonyl (C=O) groups is 2. The number of ether oxygens (including phenoxy) is 1. The molecule has 0 atom stereocenters. The lowest BCUT2D eigenvalue weighted by atomic mass is 10.2. The summed E-state index contributed by atoms with van der Waals surface area (Å²) in [6, 6.07) is 14.4. The van der Waals surface area contributed by atoms with Crippen LogP contribution in [0.5, 0.6) is 0 Å². The molecule has 1 aromatic heterocycles. The number of nitrogens with zero attached hydrogens (tertiary/aromatic N) is 4. The first-order valence-corrected chi connectivity index (χ1v) is 10.7. The van der Waals surface area contributed by atoms with E-state index in [0.717, 1.165) is 6.42 Å². The van der Waals surface area contributed by atoms with Crippen LogP contribution < -0.4 is 4.90 Å². The molecule has 2 aromatic carbocycles. The Balaban J connectivity index is 1.60. The molecule has 8 heteroatoms. The van der Waals surface area contributed by atoms with E-state index in [1.54, 1.807) is 31.2 Å². The van der Waals surface area contributed by atoms with Crippen LogP contribution in [0, 0.1) is 0 Å². The fourth-order valence-electron chi connectivity index (χ4n) is 3.68. The molecule has 1 fully saturated rings. The number of para-hydroxylation sites is 2. The third-order valence-electron chi connectivity index (χ3n) is 5.18. The predicted octanol–water partition coefficient (Wildman–Crippen LogP) is 3.81. The van der Waals surface area contributed by atoms with Gasteiger partial charge in [-0.25, -0.2) is 14.8 Å². The largest absolute Gasteiger partial charge is 0.461 e. The van der Waals surface area contributed by atoms with Crippen molar-refractivity contribution in [2.45, 2.75) is 13.3 Å². The second-order valence-electron chi connectivity index (χ2n) is 7.25. The van der Waals surface area contributed by atoms with E-state index in [1.165, 1.54) is 0 Å². The molecule has 1 saturated heterocycles. The maximum Gasteiger partial charge on any atom is 0.360 e. The molecule has 0 radical (unpaired) electrons. The summed E-state index contributed by atoms with van der Waals surface area (Å²) in [5.74, 6) is -0.0550. The second kappa shape index (κ2) is 9.31. The number of hydrogen-bond donors (Lipinski definition) is 0. The van der Waals surface area contributed by atoms with Crippen molar-refractivity contribution in [2.24, 2.45) is 0 Å². The van der Waals surface area contributed by atoms with Crippen LogP contribution >= 0.6 is 11.6 Å². The Labute approximate surface area is 185 Å². The van der Waals surface area contributed by atoms with E-state index in [4.69, 9.17) is 21.3 Å². The van der Waals surface area contributed by atoms with Crippen molar-refractivity contribution in [2.75, 3.05) is 37.7 Å². The Bertz CT molecular complexity index is 1120. The highest BCUT2D eigenvalue weighted by molar-refractivity contribution is 6.30. The third kappa shape index (κ3) is 4.61. The Morgan fingerprint density at radius 2 is 1.77 bits per heavy atom. The molecule has 0 saturated carbocycles. The second-order valence-corrected chi connectivity index (χ2v) is 7.68. The van der Waals surface area contributed by atoms with Crippen LogP contribution in [0.3, 0.4) is 0 Å². The number of halogens is 1. The fraction of sp³-hybridized carbons (Fsp3) is 0.304. The van der Waals surface area contributed by atoms with Gasteiger partial charge in [0.2, 0.25) is 0 Å². The van der Waals surface area contributed by atoms with Gasteiger partial charge in [0, 0.05) is 36.8 Å². The molecule has 7 nitrogen and oxygen atoms in total. The highest BCUT2D eigenvalue weighted by Gasteiger charge is 2.26. The lowest BCUT2D eigenvalue weighted by Gasteiger charge is -2.24. The molecular weight excluding hydrogens is 416 g/mol. The predicted molar refractivity (Wildman–Crippen MR) is 120 cm³/mol. The molecule has 4 rings (SSSR count). The van der Waals surface area contributed by atoms with Gasteiger partial charge in [-0.3, -0.25) is 4.79 Å². The van der Waals surface area contributed by atoms with E-state index in [9.17, 15) is 9.59 Å². The van der Waals surface area contributed by atoms with Gasteiger partial charge in [0.05, 0.1) is 17.6 Å². The molecule has 2 heterocycles. The number of aromatic nitrogens is 2. The number of anilines is 1. The van der Waals surface area contributed by atoms with Crippen LogP contribution in [-0.2, 0) is 4.74 Å². The molecule has 1 aliphatic heterocycles. The molecule has 0 N–H and O–H groups in total. The molecule has 0 bridgehead atoms. The van der Waals surface area contributed by atoms with Gasteiger partial charge in [-0.15, -0.1) is 0 Å². The number of carbonyl (C=O) groups excluding carboxylic acids is 2. The number of hydrogen-bond acceptors (Lipinski definition) is 6. The van der Waals surface area contributed by atoms with Gasteiger partial charge < -0.3 is 14.5 Å². The molecule has 0 aliphatic carbocycles. The van der Waals surface area contributed by atoms with Gasteiger partial charge in [-0.1, -0.05) is 29.8 Å². The van der Waals surface area contributed by atoms with Crippen molar-refractivity contribution < 1.29 is 14.3 Å². The van der Waals surface area contributed by atoms with E-state index in [-0.39, 0.29) is 18.2 Å². The summed E-state index contributed by atoms with van der Waals surface area (Å²) in [6.45, 7) is 4.32. The quantitative estimate of drug-likeness (QED) is 0.576. The van der Waals surface area contributed by atoms with Gasteiger partial charge in [0.1, 0.15) is 0 Å². The monoisotopic (exact) mass is 438 g/mol. The highest BCUT2D eigenvalue weighted by atomic mass is 35.5. The van der Waals surface area contributed by atoms with Crippen LogP contribution in [0.15, 0.2) is 48.5 Å². The topological polar surface area (TPSA) is 75.6 Å². The Morgan fingerprint density at radius 1 is 1.00 bits per heavy atom. The number of benzene rings is 2. The number of esters is 1. The van der Waals surface area contributed by atoms with Crippen molar-refractivity contribution in [3.63, 3.8) is 0 Å². The van der Waals surface area contributed by atoms with Crippen LogP contribution in [-0.4, -0.2) is 59.5 Å². The average molecular weight is 439 g/mol. The minimum atomic E-state index is -0.494. The Hall–Kier alpha value is -3.19. The van der Waals surface area contributed by atoms with Crippen molar-refractivity contribution in [1.29, 1.82) is 0 Å². The van der Waals surface area contributed by atoms with Crippen LogP contribution in [0.2, 0.25) is 5.02 Å². The lowest BCUT2D eigenvalue weighted by Crippen LogP contribution is -2.36. The van der Waals surface area contributed by atoms with Crippen molar-refractivity contribution in [3.8, 4) is 0 Å². The summed E-state index contributed by atoms with van der Waals surface area (Å²) in [4.78, 5) is 38.6. The number of fused-ring (bicyclic) bond motifs is 1. The minimum Gasteiger partial charge on any atom is -0.461 e. The molecule has 160 valence electrons. The molecule has 31 heavy (non-hydrogen) atoms. The SMILES string of the molecule is CCOC(=O)c1nc2ccccc2nc1N1CCCN(C(=O)c2cccc(Cl)c2)CC1. The standard InChI is InChI=1S/C23H23ClN4O3/c1-2-31-23(30)20-21(26-19-10-4-3-9-18(19)25-20)27-11-6-12-28(14-13-27)22(29)16-7-5-8-17(24)15-16/h3-5,7-10,15H,2,6,11-14H2,1H3. The Morgan fingerprint density at radius 3 is 2.52 bits per heavy atom. The van der Waals surface area contributed by atoms with Gasteiger partial charge in [0.15, 0.2) is 11.5 Å². The number of amides is 1. The van der Waals surface area contributed by atoms with Gasteiger partial charge in [-0.05, 0) is 43.7 Å².